The largest absolute Gasteiger partial charge is 0.331 e. The van der Waals surface area contributed by atoms with Crippen molar-refractivity contribution in [2.24, 2.45) is 0 Å². The predicted octanol–water partition coefficient (Wildman–Crippen LogP) is 4.61. The first kappa shape index (κ1) is 17.2. The summed E-state index contributed by atoms with van der Waals surface area (Å²) in [5.74, 6) is 0. The summed E-state index contributed by atoms with van der Waals surface area (Å²) in [5.41, 5.74) is 3.01. The minimum atomic E-state index is -3.59. The summed E-state index contributed by atoms with van der Waals surface area (Å²) in [6.07, 6.45) is 1.56. The smallest absolute Gasteiger partial charge is 0.255 e. The number of benzene rings is 2. The van der Waals surface area contributed by atoms with Gasteiger partial charge in [0, 0.05) is 11.1 Å². The van der Waals surface area contributed by atoms with Gasteiger partial charge in [0.25, 0.3) is 10.0 Å². The van der Waals surface area contributed by atoms with Gasteiger partial charge in [-0.25, -0.2) is 13.4 Å². The molecule has 0 radical (unpaired) electrons. The van der Waals surface area contributed by atoms with Crippen LogP contribution in [0.4, 0.5) is 16.5 Å². The second-order valence-electron chi connectivity index (χ2n) is 5.36. The topological polar surface area (TPSA) is 71.1 Å². The van der Waals surface area contributed by atoms with Gasteiger partial charge in [-0.2, -0.15) is 0 Å². The Kier molecular flexibility index (Phi) is 5.16. The first-order valence-corrected chi connectivity index (χ1v) is 9.98. The molecular formula is C18H17N3O2S2. The minimum absolute atomic E-state index is 0.482. The van der Waals surface area contributed by atoms with Crippen molar-refractivity contribution in [3.05, 3.63) is 76.6 Å². The van der Waals surface area contributed by atoms with Crippen molar-refractivity contribution in [3.8, 4) is 0 Å². The van der Waals surface area contributed by atoms with Crippen LogP contribution >= 0.6 is 11.3 Å². The van der Waals surface area contributed by atoms with Crippen LogP contribution in [0.15, 0.2) is 65.4 Å². The van der Waals surface area contributed by atoms with Crippen molar-refractivity contribution in [1.82, 2.24) is 4.98 Å². The zero-order valence-corrected chi connectivity index (χ0v) is 15.1. The van der Waals surface area contributed by atoms with Gasteiger partial charge in [0.15, 0.2) is 5.13 Å². The van der Waals surface area contributed by atoms with Crippen molar-refractivity contribution in [3.63, 3.8) is 0 Å². The molecule has 0 bridgehead atoms. The van der Waals surface area contributed by atoms with Gasteiger partial charge in [-0.05, 0) is 36.8 Å². The molecule has 0 amide bonds. The third kappa shape index (κ3) is 5.17. The van der Waals surface area contributed by atoms with E-state index >= 15 is 0 Å². The highest BCUT2D eigenvalue weighted by atomic mass is 32.2. The van der Waals surface area contributed by atoms with Crippen molar-refractivity contribution in [2.45, 2.75) is 6.92 Å². The number of aryl methyl sites for hydroxylation is 1. The van der Waals surface area contributed by atoms with Gasteiger partial charge >= 0.3 is 0 Å². The molecule has 0 aliphatic rings. The van der Waals surface area contributed by atoms with Crippen LogP contribution in [0.3, 0.4) is 0 Å². The first-order valence-electron chi connectivity index (χ1n) is 7.55. The number of thiazole rings is 1. The molecule has 0 fully saturated rings. The van der Waals surface area contributed by atoms with Crippen LogP contribution in [0.5, 0.6) is 0 Å². The molecule has 0 unspecified atom stereocenters. The molecule has 3 aromatic rings. The first-order chi connectivity index (χ1) is 12.0. The molecule has 0 saturated heterocycles. The van der Waals surface area contributed by atoms with E-state index in [0.717, 1.165) is 27.5 Å². The van der Waals surface area contributed by atoms with Crippen LogP contribution in [0.1, 0.15) is 11.3 Å². The van der Waals surface area contributed by atoms with Crippen molar-refractivity contribution >= 4 is 43.9 Å². The monoisotopic (exact) mass is 371 g/mol. The maximum atomic E-state index is 12.2. The summed E-state index contributed by atoms with van der Waals surface area (Å²) in [7, 11) is -3.59. The van der Waals surface area contributed by atoms with E-state index in [1.165, 1.54) is 11.3 Å². The number of hydrogen-bond donors (Lipinski definition) is 2. The molecule has 5 nitrogen and oxygen atoms in total. The lowest BCUT2D eigenvalue weighted by Gasteiger charge is -2.07. The van der Waals surface area contributed by atoms with Crippen LogP contribution in [0.25, 0.3) is 6.08 Å². The third-order valence-electron chi connectivity index (χ3n) is 3.23. The number of rotatable bonds is 6. The highest BCUT2D eigenvalue weighted by molar-refractivity contribution is 7.95. The second-order valence-corrected chi connectivity index (χ2v) is 7.78. The molecule has 3 rings (SSSR count). The molecule has 0 saturated carbocycles. The van der Waals surface area contributed by atoms with Crippen LogP contribution in [0.2, 0.25) is 0 Å². The van der Waals surface area contributed by atoms with Gasteiger partial charge < -0.3 is 5.32 Å². The normalized spacial score (nSPS) is 11.6. The van der Waals surface area contributed by atoms with Gasteiger partial charge in [0.2, 0.25) is 0 Å². The lowest BCUT2D eigenvalue weighted by Crippen LogP contribution is -2.08. The lowest BCUT2D eigenvalue weighted by molar-refractivity contribution is 0.609. The Morgan fingerprint density at radius 3 is 2.52 bits per heavy atom. The van der Waals surface area contributed by atoms with E-state index in [-0.39, 0.29) is 0 Å². The molecule has 0 atom stereocenters. The van der Waals surface area contributed by atoms with E-state index in [1.54, 1.807) is 24.3 Å². The average molecular weight is 371 g/mol. The van der Waals surface area contributed by atoms with Crippen molar-refractivity contribution in [1.29, 1.82) is 0 Å². The summed E-state index contributed by atoms with van der Waals surface area (Å²) in [6, 6.07) is 16.3. The van der Waals surface area contributed by atoms with Gasteiger partial charge in [-0.1, -0.05) is 36.4 Å². The number of hydrogen-bond acceptors (Lipinski definition) is 5. The Bertz CT molecular complexity index is 980. The van der Waals surface area contributed by atoms with Crippen molar-refractivity contribution in [2.75, 3.05) is 10.0 Å². The standard InChI is InChI=1S/C18H17N3O2S2/c1-14-13-24-18(19-14)20-16-8-5-9-17(12-16)21-25(22,23)11-10-15-6-3-2-4-7-15/h2-13,21H,1H3,(H,19,20)/b11-10+. The Balaban J connectivity index is 1.71. The summed E-state index contributed by atoms with van der Waals surface area (Å²) in [4.78, 5) is 4.33. The summed E-state index contributed by atoms with van der Waals surface area (Å²) >= 11 is 1.50. The quantitative estimate of drug-likeness (QED) is 0.664. The number of aromatic nitrogens is 1. The van der Waals surface area contributed by atoms with E-state index in [2.05, 4.69) is 15.0 Å². The summed E-state index contributed by atoms with van der Waals surface area (Å²) < 4.78 is 27.0. The van der Waals surface area contributed by atoms with Crippen molar-refractivity contribution < 1.29 is 8.42 Å². The summed E-state index contributed by atoms with van der Waals surface area (Å²) in [5, 5.41) is 7.04. The minimum Gasteiger partial charge on any atom is -0.331 e. The number of sulfonamides is 1. The second kappa shape index (κ2) is 7.50. The molecule has 1 aromatic heterocycles. The third-order valence-corrected chi connectivity index (χ3v) is 5.12. The zero-order valence-electron chi connectivity index (χ0n) is 13.5. The Morgan fingerprint density at radius 1 is 1.04 bits per heavy atom. The van der Waals surface area contributed by atoms with Gasteiger partial charge in [-0.15, -0.1) is 11.3 Å². The SMILES string of the molecule is Cc1csc(Nc2cccc(NS(=O)(=O)/C=C/c3ccccc3)c2)n1. The average Bonchev–Trinajstić information content (AvgIpc) is 2.99. The highest BCUT2D eigenvalue weighted by Crippen LogP contribution is 2.23. The van der Waals surface area contributed by atoms with Crippen LogP contribution in [0, 0.1) is 6.92 Å². The maximum absolute atomic E-state index is 12.2. The van der Waals surface area contributed by atoms with Gasteiger partial charge in [0.1, 0.15) is 0 Å². The molecular weight excluding hydrogens is 354 g/mol. The van der Waals surface area contributed by atoms with E-state index in [0.29, 0.717) is 5.69 Å². The molecule has 0 aliphatic heterocycles. The number of anilines is 3. The predicted molar refractivity (Wildman–Crippen MR) is 105 cm³/mol. The molecule has 7 heteroatoms. The Hall–Kier alpha value is -2.64. The van der Waals surface area contributed by atoms with E-state index in [4.69, 9.17) is 0 Å². The fourth-order valence-corrected chi connectivity index (χ4v) is 3.69. The Morgan fingerprint density at radius 2 is 1.80 bits per heavy atom. The fraction of sp³-hybridized carbons (Fsp3) is 0.0556. The fourth-order valence-electron chi connectivity index (χ4n) is 2.13. The van der Waals surface area contributed by atoms with Gasteiger partial charge in [-0.3, -0.25) is 4.72 Å². The molecule has 1 heterocycles. The van der Waals surface area contributed by atoms with E-state index < -0.39 is 10.0 Å². The van der Waals surface area contributed by atoms with Crippen LogP contribution in [-0.4, -0.2) is 13.4 Å². The van der Waals surface area contributed by atoms with Crippen LogP contribution in [-0.2, 0) is 10.0 Å². The highest BCUT2D eigenvalue weighted by Gasteiger charge is 2.07. The molecule has 25 heavy (non-hydrogen) atoms. The zero-order chi connectivity index (χ0) is 17.7. The molecule has 0 aliphatic carbocycles. The molecule has 2 aromatic carbocycles. The molecule has 2 N–H and O–H groups in total. The summed E-state index contributed by atoms with van der Waals surface area (Å²) in [6.45, 7) is 1.92. The molecule has 128 valence electrons. The van der Waals surface area contributed by atoms with Gasteiger partial charge in [0.05, 0.1) is 16.8 Å². The lowest BCUT2D eigenvalue weighted by atomic mass is 10.2. The molecule has 0 spiro atoms. The van der Waals surface area contributed by atoms with Crippen LogP contribution < -0.4 is 10.0 Å². The van der Waals surface area contributed by atoms with E-state index in [1.807, 2.05) is 48.7 Å². The van der Waals surface area contributed by atoms with E-state index in [9.17, 15) is 8.42 Å². The maximum Gasteiger partial charge on any atom is 0.255 e. The Labute approximate surface area is 151 Å². The number of nitrogens with one attached hydrogen (secondary N) is 2. The number of nitrogens with zero attached hydrogens (tertiary/aromatic N) is 1.